The van der Waals surface area contributed by atoms with Gasteiger partial charge in [0.15, 0.2) is 5.69 Å². The summed E-state index contributed by atoms with van der Waals surface area (Å²) in [4.78, 5) is 25.8. The summed E-state index contributed by atoms with van der Waals surface area (Å²) in [6.07, 6.45) is 3.23. The molecular formula is C21H20ClFN8O2. The van der Waals surface area contributed by atoms with Crippen LogP contribution in [0.1, 0.15) is 16.3 Å². The lowest BCUT2D eigenvalue weighted by molar-refractivity contribution is 0.101. The van der Waals surface area contributed by atoms with E-state index in [9.17, 15) is 9.18 Å². The number of benzene rings is 1. The summed E-state index contributed by atoms with van der Waals surface area (Å²) in [7, 11) is 3.05. The van der Waals surface area contributed by atoms with Gasteiger partial charge in [0.2, 0.25) is 5.88 Å². The van der Waals surface area contributed by atoms with E-state index in [-0.39, 0.29) is 36.3 Å². The van der Waals surface area contributed by atoms with Crippen molar-refractivity contribution in [3.8, 4) is 28.4 Å². The molecule has 0 bridgehead atoms. The number of carbonyl (C=O) groups excluding carboxylic acids is 1. The van der Waals surface area contributed by atoms with Crippen LogP contribution in [0.3, 0.4) is 0 Å². The number of hydrogen-bond acceptors (Lipinski definition) is 8. The molecule has 0 aliphatic heterocycles. The van der Waals surface area contributed by atoms with Crippen molar-refractivity contribution in [1.29, 1.82) is 0 Å². The van der Waals surface area contributed by atoms with Crippen molar-refractivity contribution < 1.29 is 13.9 Å². The van der Waals surface area contributed by atoms with Crippen molar-refractivity contribution in [2.75, 3.05) is 12.4 Å². The second-order valence-electron chi connectivity index (χ2n) is 6.72. The van der Waals surface area contributed by atoms with E-state index >= 15 is 0 Å². The second kappa shape index (κ2) is 10.1. The van der Waals surface area contributed by atoms with Crippen LogP contribution >= 0.6 is 12.4 Å². The average molecular weight is 471 g/mol. The molecule has 0 aliphatic carbocycles. The predicted molar refractivity (Wildman–Crippen MR) is 121 cm³/mol. The number of nitrogens with zero attached hydrogens (tertiary/aromatic N) is 6. The van der Waals surface area contributed by atoms with Crippen LogP contribution in [-0.2, 0) is 13.6 Å². The minimum Gasteiger partial charge on any atom is -0.479 e. The fourth-order valence-electron chi connectivity index (χ4n) is 3.04. The van der Waals surface area contributed by atoms with Gasteiger partial charge in [0, 0.05) is 30.6 Å². The molecule has 170 valence electrons. The SMILES string of the molecule is COc1nc(-c2cnc(CN)nc2)ccc1NC(=O)c1c(-c2ccc(F)cc2)nnn1C.Cl. The number of ether oxygens (including phenoxy) is 1. The Balaban J connectivity index is 0.00000306. The number of pyridine rings is 1. The third-order valence-corrected chi connectivity index (χ3v) is 4.65. The number of anilines is 1. The summed E-state index contributed by atoms with van der Waals surface area (Å²) >= 11 is 0. The largest absolute Gasteiger partial charge is 0.479 e. The number of nitrogens with two attached hydrogens (primary N) is 1. The van der Waals surface area contributed by atoms with E-state index in [1.807, 2.05) is 0 Å². The van der Waals surface area contributed by atoms with Gasteiger partial charge in [-0.3, -0.25) is 4.79 Å². The van der Waals surface area contributed by atoms with E-state index in [2.05, 4.69) is 30.6 Å². The summed E-state index contributed by atoms with van der Waals surface area (Å²) in [6.45, 7) is 0.241. The molecular weight excluding hydrogens is 451 g/mol. The summed E-state index contributed by atoms with van der Waals surface area (Å²) in [5.41, 5.74) is 8.21. The number of aromatic nitrogens is 6. The Bertz CT molecular complexity index is 1260. The molecule has 3 heterocycles. The molecule has 3 N–H and O–H groups in total. The maximum absolute atomic E-state index is 13.3. The number of amides is 1. The number of halogens is 2. The Kier molecular flexibility index (Phi) is 7.26. The molecule has 4 aromatic rings. The first kappa shape index (κ1) is 23.7. The van der Waals surface area contributed by atoms with Crippen LogP contribution in [0.15, 0.2) is 48.8 Å². The van der Waals surface area contributed by atoms with E-state index in [4.69, 9.17) is 10.5 Å². The van der Waals surface area contributed by atoms with E-state index < -0.39 is 5.91 Å². The molecule has 0 aliphatic rings. The lowest BCUT2D eigenvalue weighted by atomic mass is 10.1. The van der Waals surface area contributed by atoms with Gasteiger partial charge in [-0.2, -0.15) is 0 Å². The van der Waals surface area contributed by atoms with Gasteiger partial charge in [-0.05, 0) is 36.4 Å². The van der Waals surface area contributed by atoms with Gasteiger partial charge in [-0.1, -0.05) is 5.21 Å². The highest BCUT2D eigenvalue weighted by Gasteiger charge is 2.22. The van der Waals surface area contributed by atoms with E-state index in [1.54, 1.807) is 31.6 Å². The van der Waals surface area contributed by atoms with Crippen LogP contribution in [0.25, 0.3) is 22.5 Å². The molecule has 0 saturated carbocycles. The zero-order valence-electron chi connectivity index (χ0n) is 17.7. The zero-order chi connectivity index (χ0) is 22.7. The maximum atomic E-state index is 13.3. The van der Waals surface area contributed by atoms with Crippen molar-refractivity contribution in [3.63, 3.8) is 0 Å². The van der Waals surface area contributed by atoms with Gasteiger partial charge >= 0.3 is 0 Å². The third-order valence-electron chi connectivity index (χ3n) is 4.65. The zero-order valence-corrected chi connectivity index (χ0v) is 18.5. The molecule has 0 spiro atoms. The highest BCUT2D eigenvalue weighted by molar-refractivity contribution is 6.07. The van der Waals surface area contributed by atoms with Gasteiger partial charge in [0.05, 0.1) is 19.3 Å². The highest BCUT2D eigenvalue weighted by Crippen LogP contribution is 2.28. The Morgan fingerprint density at radius 3 is 2.45 bits per heavy atom. The topological polar surface area (TPSA) is 134 Å². The number of rotatable bonds is 6. The van der Waals surface area contributed by atoms with Crippen LogP contribution in [0.4, 0.5) is 10.1 Å². The van der Waals surface area contributed by atoms with Gasteiger partial charge < -0.3 is 15.8 Å². The molecule has 0 radical (unpaired) electrons. The molecule has 3 aromatic heterocycles. The first-order valence-electron chi connectivity index (χ1n) is 9.53. The van der Waals surface area contributed by atoms with Gasteiger partial charge in [0.1, 0.15) is 23.0 Å². The first-order valence-corrected chi connectivity index (χ1v) is 9.53. The van der Waals surface area contributed by atoms with Crippen LogP contribution in [0.5, 0.6) is 5.88 Å². The van der Waals surface area contributed by atoms with Crippen molar-refractivity contribution >= 4 is 24.0 Å². The molecule has 0 unspecified atom stereocenters. The molecule has 0 saturated heterocycles. The van der Waals surface area contributed by atoms with Crippen LogP contribution in [-0.4, -0.2) is 43.0 Å². The van der Waals surface area contributed by atoms with E-state index in [1.165, 1.54) is 36.1 Å². The second-order valence-corrected chi connectivity index (χ2v) is 6.72. The summed E-state index contributed by atoms with van der Waals surface area (Å²) in [5.74, 6) is -0.133. The molecule has 1 aromatic carbocycles. The number of carbonyl (C=O) groups is 1. The van der Waals surface area contributed by atoms with Crippen LogP contribution in [0, 0.1) is 5.82 Å². The molecule has 33 heavy (non-hydrogen) atoms. The quantitative estimate of drug-likeness (QED) is 0.439. The molecule has 1 amide bonds. The Labute approximate surface area is 194 Å². The molecule has 12 heteroatoms. The van der Waals surface area contributed by atoms with Gasteiger partial charge in [-0.25, -0.2) is 24.0 Å². The maximum Gasteiger partial charge on any atom is 0.276 e. The van der Waals surface area contributed by atoms with E-state index in [0.717, 1.165) is 0 Å². The number of aryl methyl sites for hydroxylation is 1. The number of methoxy groups -OCH3 is 1. The Morgan fingerprint density at radius 2 is 1.82 bits per heavy atom. The molecule has 10 nitrogen and oxygen atoms in total. The van der Waals surface area contributed by atoms with Crippen molar-refractivity contribution in [2.24, 2.45) is 12.8 Å². The lowest BCUT2D eigenvalue weighted by Gasteiger charge is -2.11. The first-order chi connectivity index (χ1) is 15.5. The Hall–Kier alpha value is -3.96. The Morgan fingerprint density at radius 1 is 1.12 bits per heavy atom. The average Bonchev–Trinajstić information content (AvgIpc) is 3.21. The van der Waals surface area contributed by atoms with Crippen molar-refractivity contribution in [2.45, 2.75) is 6.54 Å². The lowest BCUT2D eigenvalue weighted by Crippen LogP contribution is -2.18. The molecule has 4 rings (SSSR count). The molecule has 0 atom stereocenters. The minimum absolute atomic E-state index is 0. The molecule has 0 fully saturated rings. The van der Waals surface area contributed by atoms with Crippen molar-refractivity contribution in [1.82, 2.24) is 29.9 Å². The van der Waals surface area contributed by atoms with Crippen LogP contribution < -0.4 is 15.8 Å². The van der Waals surface area contributed by atoms with E-state index in [0.29, 0.717) is 34.0 Å². The van der Waals surface area contributed by atoms with Gasteiger partial charge in [-0.15, -0.1) is 17.5 Å². The fourth-order valence-corrected chi connectivity index (χ4v) is 3.04. The summed E-state index contributed by atoms with van der Waals surface area (Å²) in [5, 5.41) is 10.8. The predicted octanol–water partition coefficient (Wildman–Crippen LogP) is 2.61. The number of hydrogen-bond donors (Lipinski definition) is 2. The normalized spacial score (nSPS) is 10.4. The van der Waals surface area contributed by atoms with Crippen molar-refractivity contribution in [3.05, 3.63) is 66.1 Å². The smallest absolute Gasteiger partial charge is 0.276 e. The monoisotopic (exact) mass is 470 g/mol. The summed E-state index contributed by atoms with van der Waals surface area (Å²) in [6, 6.07) is 9.02. The fraction of sp³-hybridized carbons (Fsp3) is 0.143. The third kappa shape index (κ3) is 4.94. The van der Waals surface area contributed by atoms with Crippen LogP contribution in [0.2, 0.25) is 0 Å². The highest BCUT2D eigenvalue weighted by atomic mass is 35.5. The standard InChI is InChI=1S/C21H19FN8O2.ClH/c1-30-19(18(28-29-30)12-3-5-14(22)6-4-12)20(31)26-16-8-7-15(27-21(16)32-2)13-10-24-17(9-23)25-11-13;/h3-8,10-11H,9,23H2,1-2H3,(H,26,31);1H. The van der Waals surface area contributed by atoms with Gasteiger partial charge in [0.25, 0.3) is 5.91 Å². The minimum atomic E-state index is -0.472. The summed E-state index contributed by atoms with van der Waals surface area (Å²) < 4.78 is 20.0. The number of nitrogens with one attached hydrogen (secondary N) is 1.